The maximum absolute atomic E-state index is 11.8. The zero-order valence-electron chi connectivity index (χ0n) is 4.71. The van der Waals surface area contributed by atoms with E-state index in [1.54, 1.807) is 13.8 Å². The van der Waals surface area contributed by atoms with Crippen LogP contribution in [0.15, 0.2) is 11.6 Å². The van der Waals surface area contributed by atoms with Gasteiger partial charge in [-0.2, -0.15) is 8.78 Å². The number of rotatable bonds is 1. The molecule has 0 spiro atoms. The van der Waals surface area contributed by atoms with Gasteiger partial charge in [-0.3, -0.25) is 0 Å². The Labute approximate surface area is 55.7 Å². The predicted octanol–water partition coefficient (Wildman–Crippen LogP) is 2.94. The van der Waals surface area contributed by atoms with Crippen LogP contribution < -0.4 is 0 Å². The fourth-order valence-electron chi connectivity index (χ4n) is 0.327. The Kier molecular flexibility index (Phi) is 2.60. The monoisotopic (exact) mass is 184 g/mol. The molecular weight excluding hydrogens is 178 g/mol. The van der Waals surface area contributed by atoms with Crippen LogP contribution in [0, 0.1) is 0 Å². The molecule has 0 rings (SSSR count). The normalized spacial score (nSPS) is 11.1. The quantitative estimate of drug-likeness (QED) is 0.435. The van der Waals surface area contributed by atoms with Gasteiger partial charge in [0.15, 0.2) is 0 Å². The van der Waals surface area contributed by atoms with Crippen LogP contribution in [0.1, 0.15) is 13.8 Å². The zero-order chi connectivity index (χ0) is 6.78. The summed E-state index contributed by atoms with van der Waals surface area (Å²) >= 11 is 2.17. The molecule has 3 heteroatoms. The molecule has 0 heterocycles. The first-order valence-corrected chi connectivity index (χ1v) is 2.94. The summed E-state index contributed by atoms with van der Waals surface area (Å²) in [5.74, 6) is 0. The Morgan fingerprint density at radius 1 is 1.50 bits per heavy atom. The van der Waals surface area contributed by atoms with E-state index in [0.717, 1.165) is 6.08 Å². The lowest BCUT2D eigenvalue weighted by atomic mass is 10.3. The minimum Gasteiger partial charge on any atom is -0.189 e. The van der Waals surface area contributed by atoms with Crippen molar-refractivity contribution < 1.29 is 8.78 Å². The largest absolute Gasteiger partial charge is 0.320 e. The lowest BCUT2D eigenvalue weighted by Gasteiger charge is -1.99. The van der Waals surface area contributed by atoms with Gasteiger partial charge in [-0.25, -0.2) is 0 Å². The molecule has 0 unspecified atom stereocenters. The molecular formula is C5H7BrF2. The SMILES string of the molecule is CC(C)=CC(F)(F)Br. The van der Waals surface area contributed by atoms with Crippen LogP contribution in [0.25, 0.3) is 0 Å². The average Bonchev–Trinajstić information content (AvgIpc) is 1.21. The van der Waals surface area contributed by atoms with Gasteiger partial charge in [0.2, 0.25) is 0 Å². The van der Waals surface area contributed by atoms with Crippen molar-refractivity contribution in [3.8, 4) is 0 Å². The van der Waals surface area contributed by atoms with E-state index in [4.69, 9.17) is 0 Å². The van der Waals surface area contributed by atoms with Crippen molar-refractivity contribution in [3.63, 3.8) is 0 Å². The van der Waals surface area contributed by atoms with Crippen LogP contribution in [0.3, 0.4) is 0 Å². The molecule has 0 amide bonds. The van der Waals surface area contributed by atoms with Gasteiger partial charge in [0.1, 0.15) is 0 Å². The molecule has 0 N–H and O–H groups in total. The Balaban J connectivity index is 3.89. The molecule has 0 aromatic heterocycles. The molecule has 0 aromatic carbocycles. The van der Waals surface area contributed by atoms with Crippen molar-refractivity contribution in [1.29, 1.82) is 0 Å². The highest BCUT2D eigenvalue weighted by Crippen LogP contribution is 2.24. The summed E-state index contributed by atoms with van der Waals surface area (Å²) in [5.41, 5.74) is 0.604. The van der Waals surface area contributed by atoms with Crippen molar-refractivity contribution in [2.75, 3.05) is 0 Å². The van der Waals surface area contributed by atoms with Crippen molar-refractivity contribution in [3.05, 3.63) is 11.6 Å². The summed E-state index contributed by atoms with van der Waals surface area (Å²) in [6, 6.07) is 0. The van der Waals surface area contributed by atoms with Gasteiger partial charge in [-0.1, -0.05) is 5.57 Å². The van der Waals surface area contributed by atoms with E-state index in [0.29, 0.717) is 5.57 Å². The van der Waals surface area contributed by atoms with Crippen LogP contribution in [0.5, 0.6) is 0 Å². The van der Waals surface area contributed by atoms with Gasteiger partial charge >= 0.3 is 4.83 Å². The Morgan fingerprint density at radius 3 is 1.88 bits per heavy atom. The van der Waals surface area contributed by atoms with E-state index in [-0.39, 0.29) is 0 Å². The molecule has 0 saturated heterocycles. The number of hydrogen-bond acceptors (Lipinski definition) is 0. The molecule has 0 atom stereocenters. The van der Waals surface area contributed by atoms with E-state index in [9.17, 15) is 8.78 Å². The third-order valence-electron chi connectivity index (χ3n) is 0.452. The van der Waals surface area contributed by atoms with Crippen LogP contribution >= 0.6 is 15.9 Å². The molecule has 0 fully saturated rings. The first kappa shape index (κ1) is 8.08. The van der Waals surface area contributed by atoms with E-state index in [1.165, 1.54) is 0 Å². The Morgan fingerprint density at radius 2 is 1.88 bits per heavy atom. The Bertz CT molecular complexity index is 97.5. The molecule has 0 aliphatic heterocycles. The third-order valence-corrected chi connectivity index (χ3v) is 0.681. The fourth-order valence-corrected chi connectivity index (χ4v) is 0.785. The number of hydrogen-bond donors (Lipinski definition) is 0. The molecule has 0 aliphatic rings. The zero-order valence-corrected chi connectivity index (χ0v) is 6.30. The molecule has 0 saturated carbocycles. The van der Waals surface area contributed by atoms with Crippen molar-refractivity contribution >= 4 is 15.9 Å². The van der Waals surface area contributed by atoms with Gasteiger partial charge in [-0.05, 0) is 35.9 Å². The summed E-state index contributed by atoms with van der Waals surface area (Å²) < 4.78 is 23.6. The molecule has 8 heavy (non-hydrogen) atoms. The predicted molar refractivity (Wildman–Crippen MR) is 33.3 cm³/mol. The van der Waals surface area contributed by atoms with Gasteiger partial charge < -0.3 is 0 Å². The maximum Gasteiger partial charge on any atom is 0.320 e. The summed E-state index contributed by atoms with van der Waals surface area (Å²) in [6.45, 7) is 3.24. The lowest BCUT2D eigenvalue weighted by Crippen LogP contribution is -1.98. The maximum atomic E-state index is 11.8. The van der Waals surface area contributed by atoms with Gasteiger partial charge in [0, 0.05) is 0 Å². The molecule has 0 nitrogen and oxygen atoms in total. The second-order valence-electron chi connectivity index (χ2n) is 1.76. The lowest BCUT2D eigenvalue weighted by molar-refractivity contribution is 0.170. The summed E-state index contributed by atoms with van der Waals surface area (Å²) in [4.78, 5) is -2.83. The summed E-state index contributed by atoms with van der Waals surface area (Å²) in [6.07, 6.45) is 0.854. The van der Waals surface area contributed by atoms with Gasteiger partial charge in [-0.15, -0.1) is 0 Å². The van der Waals surface area contributed by atoms with Crippen LogP contribution in [-0.2, 0) is 0 Å². The highest BCUT2D eigenvalue weighted by molar-refractivity contribution is 9.10. The highest BCUT2D eigenvalue weighted by atomic mass is 79.9. The third kappa shape index (κ3) is 6.08. The fraction of sp³-hybridized carbons (Fsp3) is 0.600. The molecule has 0 aromatic rings. The summed E-state index contributed by atoms with van der Waals surface area (Å²) in [7, 11) is 0. The second-order valence-corrected chi connectivity index (χ2v) is 2.82. The smallest absolute Gasteiger partial charge is 0.189 e. The van der Waals surface area contributed by atoms with Crippen molar-refractivity contribution in [2.45, 2.75) is 18.7 Å². The Hall–Kier alpha value is 0.0800. The average molecular weight is 185 g/mol. The van der Waals surface area contributed by atoms with Crippen molar-refractivity contribution in [2.24, 2.45) is 0 Å². The van der Waals surface area contributed by atoms with Crippen molar-refractivity contribution in [1.82, 2.24) is 0 Å². The second kappa shape index (κ2) is 2.58. The first-order chi connectivity index (χ1) is 3.42. The van der Waals surface area contributed by atoms with E-state index in [2.05, 4.69) is 15.9 Å². The minimum absolute atomic E-state index is 0.604. The molecule has 0 radical (unpaired) electrons. The van der Waals surface area contributed by atoms with Crippen LogP contribution in [-0.4, -0.2) is 4.83 Å². The van der Waals surface area contributed by atoms with Gasteiger partial charge in [0.05, 0.1) is 0 Å². The van der Waals surface area contributed by atoms with Gasteiger partial charge in [0.25, 0.3) is 0 Å². The summed E-state index contributed by atoms with van der Waals surface area (Å²) in [5, 5.41) is 0. The minimum atomic E-state index is -2.83. The number of allylic oxidation sites excluding steroid dienone is 2. The highest BCUT2D eigenvalue weighted by Gasteiger charge is 2.18. The molecule has 0 bridgehead atoms. The molecule has 0 aliphatic carbocycles. The molecule has 48 valence electrons. The number of halogens is 3. The van der Waals surface area contributed by atoms with E-state index >= 15 is 0 Å². The van der Waals surface area contributed by atoms with E-state index in [1.807, 2.05) is 0 Å². The standard InChI is InChI=1S/C5H7BrF2/c1-4(2)3-5(6,7)8/h3H,1-2H3. The van der Waals surface area contributed by atoms with Crippen LogP contribution in [0.2, 0.25) is 0 Å². The number of alkyl halides is 3. The topological polar surface area (TPSA) is 0 Å². The van der Waals surface area contributed by atoms with E-state index < -0.39 is 4.83 Å². The van der Waals surface area contributed by atoms with Crippen LogP contribution in [0.4, 0.5) is 8.78 Å². The first-order valence-electron chi connectivity index (χ1n) is 2.14.